The number of esters is 1. The number of rotatable bonds is 4. The van der Waals surface area contributed by atoms with Crippen LogP contribution in [0.15, 0.2) is 34.8 Å². The van der Waals surface area contributed by atoms with Crippen molar-refractivity contribution in [2.45, 2.75) is 33.0 Å². The Balaban J connectivity index is 2.21. The van der Waals surface area contributed by atoms with Gasteiger partial charge >= 0.3 is 5.97 Å². The van der Waals surface area contributed by atoms with Gasteiger partial charge in [-0.25, -0.2) is 9.78 Å². The maximum absolute atomic E-state index is 13.1. The smallest absolute Gasteiger partial charge is 0.348 e. The third kappa shape index (κ3) is 3.89. The number of anilines is 1. The number of nitriles is 1. The number of aromatic nitrogens is 2. The molecule has 1 fully saturated rings. The summed E-state index contributed by atoms with van der Waals surface area (Å²) < 4.78 is 12.1. The van der Waals surface area contributed by atoms with Crippen molar-refractivity contribution in [1.82, 2.24) is 9.38 Å². The minimum absolute atomic E-state index is 0.0444. The van der Waals surface area contributed by atoms with Crippen molar-refractivity contribution in [2.24, 2.45) is 0 Å². The molecule has 3 heterocycles. The van der Waals surface area contributed by atoms with Gasteiger partial charge in [-0.15, -0.1) is 0 Å². The molecule has 28 heavy (non-hydrogen) atoms. The highest BCUT2D eigenvalue weighted by atomic mass is 16.5. The minimum atomic E-state index is -0.766. The van der Waals surface area contributed by atoms with E-state index < -0.39 is 5.97 Å². The summed E-state index contributed by atoms with van der Waals surface area (Å²) in [5, 5.41) is 9.39. The van der Waals surface area contributed by atoms with Gasteiger partial charge in [0.1, 0.15) is 23.1 Å². The molecule has 2 atom stereocenters. The second-order valence-corrected chi connectivity index (χ2v) is 6.64. The number of hydrogen-bond donors (Lipinski definition) is 0. The monoisotopic (exact) mass is 382 g/mol. The molecule has 2 aromatic heterocycles. The third-order valence-electron chi connectivity index (χ3n) is 4.37. The molecular formula is C20H22N4O4. The fourth-order valence-corrected chi connectivity index (χ4v) is 3.30. The van der Waals surface area contributed by atoms with E-state index in [9.17, 15) is 14.9 Å². The van der Waals surface area contributed by atoms with E-state index in [0.717, 1.165) is 0 Å². The SMILES string of the molecule is CCOC(=O)/C(C#N)=C/c1c(N2C[C@@H](C)O[C@H](C)C2)nc2ccccn2c1=O. The van der Waals surface area contributed by atoms with Gasteiger partial charge in [-0.1, -0.05) is 6.07 Å². The first-order valence-corrected chi connectivity index (χ1v) is 9.15. The summed E-state index contributed by atoms with van der Waals surface area (Å²) in [5.74, 6) is -0.340. The van der Waals surface area contributed by atoms with Crippen molar-refractivity contribution < 1.29 is 14.3 Å². The van der Waals surface area contributed by atoms with Crippen LogP contribution in [-0.2, 0) is 14.3 Å². The fraction of sp³-hybridized carbons (Fsp3) is 0.400. The molecule has 0 saturated carbocycles. The predicted molar refractivity (Wildman–Crippen MR) is 104 cm³/mol. The number of nitrogens with zero attached hydrogens (tertiary/aromatic N) is 4. The fourth-order valence-electron chi connectivity index (χ4n) is 3.30. The van der Waals surface area contributed by atoms with E-state index in [0.29, 0.717) is 24.6 Å². The lowest BCUT2D eigenvalue weighted by Gasteiger charge is -2.36. The molecule has 1 aliphatic rings. The second-order valence-electron chi connectivity index (χ2n) is 6.64. The average molecular weight is 382 g/mol. The van der Waals surface area contributed by atoms with Gasteiger partial charge < -0.3 is 14.4 Å². The van der Waals surface area contributed by atoms with Crippen LogP contribution in [0.2, 0.25) is 0 Å². The third-order valence-corrected chi connectivity index (χ3v) is 4.37. The minimum Gasteiger partial charge on any atom is -0.462 e. The zero-order valence-corrected chi connectivity index (χ0v) is 16.1. The van der Waals surface area contributed by atoms with Gasteiger partial charge in [0.2, 0.25) is 0 Å². The highest BCUT2D eigenvalue weighted by Gasteiger charge is 2.27. The molecule has 0 bridgehead atoms. The van der Waals surface area contributed by atoms with Gasteiger partial charge in [-0.2, -0.15) is 5.26 Å². The van der Waals surface area contributed by atoms with Crippen molar-refractivity contribution >= 4 is 23.5 Å². The molecule has 8 heteroatoms. The summed E-state index contributed by atoms with van der Waals surface area (Å²) in [5.41, 5.74) is 0.0624. The van der Waals surface area contributed by atoms with Gasteiger partial charge in [-0.05, 0) is 39.0 Å². The number of ether oxygens (including phenoxy) is 2. The van der Waals surface area contributed by atoms with E-state index in [1.165, 1.54) is 10.5 Å². The Labute approximate surface area is 162 Å². The molecular weight excluding hydrogens is 360 g/mol. The lowest BCUT2D eigenvalue weighted by atomic mass is 10.1. The summed E-state index contributed by atoms with van der Waals surface area (Å²) in [4.78, 5) is 31.8. The quantitative estimate of drug-likeness (QED) is 0.452. The van der Waals surface area contributed by atoms with Crippen molar-refractivity contribution in [3.05, 3.63) is 45.9 Å². The maximum atomic E-state index is 13.1. The van der Waals surface area contributed by atoms with E-state index in [-0.39, 0.29) is 35.5 Å². The summed E-state index contributed by atoms with van der Waals surface area (Å²) in [6.45, 7) is 6.78. The Morgan fingerprint density at radius 3 is 2.75 bits per heavy atom. The van der Waals surface area contributed by atoms with Crippen molar-refractivity contribution in [2.75, 3.05) is 24.6 Å². The number of hydrogen-bond acceptors (Lipinski definition) is 7. The van der Waals surface area contributed by atoms with Crippen LogP contribution in [0.1, 0.15) is 26.3 Å². The number of pyridine rings is 1. The summed E-state index contributed by atoms with van der Waals surface area (Å²) in [7, 11) is 0. The molecule has 2 aromatic rings. The number of carbonyl (C=O) groups excluding carboxylic acids is 1. The Morgan fingerprint density at radius 2 is 2.11 bits per heavy atom. The van der Waals surface area contributed by atoms with Crippen LogP contribution in [0, 0.1) is 11.3 Å². The first-order chi connectivity index (χ1) is 13.4. The molecule has 1 aliphatic heterocycles. The molecule has 0 aromatic carbocycles. The van der Waals surface area contributed by atoms with E-state index in [1.54, 1.807) is 31.3 Å². The number of morpholine rings is 1. The second kappa shape index (κ2) is 8.23. The number of carbonyl (C=O) groups is 1. The first-order valence-electron chi connectivity index (χ1n) is 9.15. The van der Waals surface area contributed by atoms with E-state index in [4.69, 9.17) is 9.47 Å². The topological polar surface area (TPSA) is 96.9 Å². The Morgan fingerprint density at radius 1 is 1.39 bits per heavy atom. The highest BCUT2D eigenvalue weighted by molar-refractivity contribution is 5.98. The summed E-state index contributed by atoms with van der Waals surface area (Å²) >= 11 is 0. The van der Waals surface area contributed by atoms with Gasteiger partial charge in [-0.3, -0.25) is 9.20 Å². The van der Waals surface area contributed by atoms with Crippen LogP contribution in [0.3, 0.4) is 0 Å². The predicted octanol–water partition coefficient (Wildman–Crippen LogP) is 1.78. The normalized spacial score (nSPS) is 20.1. The maximum Gasteiger partial charge on any atom is 0.348 e. The number of fused-ring (bicyclic) bond motifs is 1. The average Bonchev–Trinajstić information content (AvgIpc) is 2.66. The molecule has 1 saturated heterocycles. The Bertz CT molecular complexity index is 1010. The van der Waals surface area contributed by atoms with E-state index in [2.05, 4.69) is 4.98 Å². The van der Waals surface area contributed by atoms with Crippen LogP contribution >= 0.6 is 0 Å². The molecule has 0 aliphatic carbocycles. The van der Waals surface area contributed by atoms with Crippen LogP contribution < -0.4 is 10.5 Å². The van der Waals surface area contributed by atoms with Crippen molar-refractivity contribution in [1.29, 1.82) is 5.26 Å². The Kier molecular flexibility index (Phi) is 5.76. The van der Waals surface area contributed by atoms with E-state index in [1.807, 2.05) is 24.8 Å². The van der Waals surface area contributed by atoms with Crippen LogP contribution in [0.4, 0.5) is 5.82 Å². The molecule has 146 valence electrons. The van der Waals surface area contributed by atoms with Gasteiger partial charge in [0.15, 0.2) is 0 Å². The first kappa shape index (κ1) is 19.6. The molecule has 0 spiro atoms. The Hall–Kier alpha value is -3.18. The van der Waals surface area contributed by atoms with Crippen LogP contribution in [-0.4, -0.2) is 47.3 Å². The molecule has 3 rings (SSSR count). The largest absolute Gasteiger partial charge is 0.462 e. The lowest BCUT2D eigenvalue weighted by molar-refractivity contribution is -0.137. The summed E-state index contributed by atoms with van der Waals surface area (Å²) in [6.07, 6.45) is 2.79. The highest BCUT2D eigenvalue weighted by Crippen LogP contribution is 2.23. The van der Waals surface area contributed by atoms with Crippen LogP contribution in [0.5, 0.6) is 0 Å². The standard InChI is InChI=1S/C20H22N4O4/c1-4-27-20(26)15(10-21)9-16-18(23-11-13(2)28-14(3)12-23)22-17-7-5-6-8-24(17)19(16)25/h5-9,13-14H,4,11-12H2,1-3H3/b15-9+/t13-,14-/m1/s1. The molecule has 0 amide bonds. The molecule has 0 N–H and O–H groups in total. The van der Waals surface area contributed by atoms with Crippen molar-refractivity contribution in [3.63, 3.8) is 0 Å². The summed E-state index contributed by atoms with van der Waals surface area (Å²) in [6, 6.07) is 7.08. The molecule has 8 nitrogen and oxygen atoms in total. The van der Waals surface area contributed by atoms with Crippen molar-refractivity contribution in [3.8, 4) is 6.07 Å². The molecule has 0 unspecified atom stereocenters. The molecule has 0 radical (unpaired) electrons. The van der Waals surface area contributed by atoms with Gasteiger partial charge in [0.05, 0.1) is 24.4 Å². The van der Waals surface area contributed by atoms with E-state index >= 15 is 0 Å². The zero-order valence-electron chi connectivity index (χ0n) is 16.1. The van der Waals surface area contributed by atoms with Gasteiger partial charge in [0.25, 0.3) is 5.56 Å². The lowest BCUT2D eigenvalue weighted by Crippen LogP contribution is -2.46. The van der Waals surface area contributed by atoms with Crippen LogP contribution in [0.25, 0.3) is 11.7 Å². The van der Waals surface area contributed by atoms with Gasteiger partial charge in [0, 0.05) is 19.3 Å². The zero-order chi connectivity index (χ0) is 20.3.